The van der Waals surface area contributed by atoms with Gasteiger partial charge in [-0.15, -0.1) is 0 Å². The molecular formula is C14H29N3O2S. The van der Waals surface area contributed by atoms with Crippen LogP contribution in [0, 0.1) is 0 Å². The van der Waals surface area contributed by atoms with E-state index in [0.29, 0.717) is 25.7 Å². The van der Waals surface area contributed by atoms with Gasteiger partial charge in [0.2, 0.25) is 0 Å². The van der Waals surface area contributed by atoms with Crippen molar-refractivity contribution in [2.24, 2.45) is 0 Å². The molecule has 2 aliphatic rings. The lowest BCUT2D eigenvalue weighted by molar-refractivity contribution is 0.328. The third-order valence-corrected chi connectivity index (χ3v) is 6.18. The summed E-state index contributed by atoms with van der Waals surface area (Å²) in [6, 6.07) is 0.700. The Morgan fingerprint density at radius 2 is 1.70 bits per heavy atom. The van der Waals surface area contributed by atoms with Crippen LogP contribution in [-0.4, -0.2) is 56.3 Å². The predicted octanol–water partition coefficient (Wildman–Crippen LogP) is 1.57. The number of hydrogen-bond donors (Lipinski definition) is 1. The maximum atomic E-state index is 12.5. The van der Waals surface area contributed by atoms with Crippen molar-refractivity contribution in [2.45, 2.75) is 57.4 Å². The zero-order valence-corrected chi connectivity index (χ0v) is 13.5. The van der Waals surface area contributed by atoms with E-state index in [9.17, 15) is 8.42 Å². The monoisotopic (exact) mass is 303 g/mol. The fourth-order valence-corrected chi connectivity index (χ4v) is 4.13. The molecule has 6 heteroatoms. The minimum absolute atomic E-state index is 0.610. The number of nitrogens with one attached hydrogen (secondary N) is 1. The molecule has 0 radical (unpaired) electrons. The molecule has 0 atom stereocenters. The first kappa shape index (κ1) is 16.2. The van der Waals surface area contributed by atoms with Crippen LogP contribution in [0.1, 0.15) is 51.4 Å². The van der Waals surface area contributed by atoms with Crippen molar-refractivity contribution in [3.63, 3.8) is 0 Å². The molecule has 2 fully saturated rings. The summed E-state index contributed by atoms with van der Waals surface area (Å²) in [6.45, 7) is 2.91. The molecule has 0 amide bonds. The summed E-state index contributed by atoms with van der Waals surface area (Å²) in [7, 11) is -1.53. The maximum Gasteiger partial charge on any atom is 0.281 e. The molecule has 1 saturated heterocycles. The lowest BCUT2D eigenvalue weighted by atomic mass is 10.1. The summed E-state index contributed by atoms with van der Waals surface area (Å²) in [5, 5.41) is 3.43. The Hall–Kier alpha value is -0.170. The molecule has 1 aliphatic carbocycles. The van der Waals surface area contributed by atoms with Gasteiger partial charge < -0.3 is 5.32 Å². The molecule has 1 N–H and O–H groups in total. The smallest absolute Gasteiger partial charge is 0.281 e. The van der Waals surface area contributed by atoms with Crippen LogP contribution in [0.15, 0.2) is 0 Å². The molecule has 20 heavy (non-hydrogen) atoms. The van der Waals surface area contributed by atoms with E-state index in [4.69, 9.17) is 0 Å². The van der Waals surface area contributed by atoms with Gasteiger partial charge in [0.25, 0.3) is 10.2 Å². The van der Waals surface area contributed by atoms with Gasteiger partial charge in [0.15, 0.2) is 0 Å². The molecular weight excluding hydrogens is 274 g/mol. The van der Waals surface area contributed by atoms with Crippen molar-refractivity contribution in [2.75, 3.05) is 33.2 Å². The lowest BCUT2D eigenvalue weighted by Crippen LogP contribution is -2.44. The highest BCUT2D eigenvalue weighted by Crippen LogP contribution is 2.18. The Balaban J connectivity index is 1.76. The summed E-state index contributed by atoms with van der Waals surface area (Å²) in [5.41, 5.74) is 0. The van der Waals surface area contributed by atoms with Gasteiger partial charge in [-0.05, 0) is 38.6 Å². The fourth-order valence-electron chi connectivity index (χ4n) is 2.66. The van der Waals surface area contributed by atoms with Crippen LogP contribution >= 0.6 is 0 Å². The molecule has 0 aromatic rings. The van der Waals surface area contributed by atoms with E-state index in [2.05, 4.69) is 5.32 Å². The topological polar surface area (TPSA) is 52.7 Å². The van der Waals surface area contributed by atoms with E-state index in [1.165, 1.54) is 23.6 Å². The van der Waals surface area contributed by atoms with Crippen LogP contribution in [0.5, 0.6) is 0 Å². The highest BCUT2D eigenvalue weighted by Gasteiger charge is 2.26. The van der Waals surface area contributed by atoms with Crippen molar-refractivity contribution in [3.8, 4) is 0 Å². The normalized spacial score (nSPS) is 22.7. The Morgan fingerprint density at radius 1 is 1.10 bits per heavy atom. The van der Waals surface area contributed by atoms with Gasteiger partial charge in [0.1, 0.15) is 0 Å². The number of nitrogens with zero attached hydrogens (tertiary/aromatic N) is 2. The molecule has 118 valence electrons. The minimum atomic E-state index is -3.25. The summed E-state index contributed by atoms with van der Waals surface area (Å²) < 4.78 is 28.3. The highest BCUT2D eigenvalue weighted by atomic mass is 32.2. The highest BCUT2D eigenvalue weighted by molar-refractivity contribution is 7.86. The quantitative estimate of drug-likeness (QED) is 0.726. The lowest BCUT2D eigenvalue weighted by Gasteiger charge is -2.28. The average molecular weight is 303 g/mol. The van der Waals surface area contributed by atoms with Gasteiger partial charge in [-0.25, -0.2) is 0 Å². The third-order valence-electron chi connectivity index (χ3n) is 4.20. The summed E-state index contributed by atoms with van der Waals surface area (Å²) in [4.78, 5) is 0. The molecule has 1 heterocycles. The zero-order valence-electron chi connectivity index (χ0n) is 12.7. The SMILES string of the molecule is CN(CCCNC1CC1)S(=O)(=O)N1CCCCCCC1. The average Bonchev–Trinajstić information content (AvgIpc) is 3.17. The first-order valence-corrected chi connectivity index (χ1v) is 9.45. The minimum Gasteiger partial charge on any atom is -0.314 e. The molecule has 5 nitrogen and oxygen atoms in total. The van der Waals surface area contributed by atoms with Gasteiger partial charge in [0.05, 0.1) is 0 Å². The van der Waals surface area contributed by atoms with E-state index >= 15 is 0 Å². The van der Waals surface area contributed by atoms with Gasteiger partial charge in [-0.2, -0.15) is 17.0 Å². The van der Waals surface area contributed by atoms with Gasteiger partial charge >= 0.3 is 0 Å². The van der Waals surface area contributed by atoms with Crippen LogP contribution in [0.4, 0.5) is 0 Å². The van der Waals surface area contributed by atoms with Crippen molar-refractivity contribution < 1.29 is 8.42 Å². The molecule has 0 aromatic carbocycles. The first-order chi connectivity index (χ1) is 9.60. The zero-order chi connectivity index (χ0) is 14.4. The van der Waals surface area contributed by atoms with Crippen LogP contribution in [0.3, 0.4) is 0 Å². The largest absolute Gasteiger partial charge is 0.314 e. The Morgan fingerprint density at radius 3 is 2.30 bits per heavy atom. The molecule has 1 aliphatic heterocycles. The standard InChI is InChI=1S/C14H29N3O2S/c1-16(11-7-10-15-14-8-9-14)20(18,19)17-12-5-3-2-4-6-13-17/h14-15H,2-13H2,1H3. The van der Waals surface area contributed by atoms with Crippen LogP contribution in [-0.2, 0) is 10.2 Å². The second-order valence-corrected chi connectivity index (χ2v) is 8.11. The summed E-state index contributed by atoms with van der Waals surface area (Å²) >= 11 is 0. The van der Waals surface area contributed by atoms with Crippen molar-refractivity contribution >= 4 is 10.2 Å². The Kier molecular flexibility index (Phi) is 6.26. The molecule has 0 bridgehead atoms. The van der Waals surface area contributed by atoms with Crippen LogP contribution in [0.25, 0.3) is 0 Å². The van der Waals surface area contributed by atoms with E-state index in [-0.39, 0.29) is 0 Å². The number of hydrogen-bond acceptors (Lipinski definition) is 3. The Bertz CT molecular complexity index is 374. The van der Waals surface area contributed by atoms with Crippen molar-refractivity contribution in [1.29, 1.82) is 0 Å². The van der Waals surface area contributed by atoms with E-state index in [1.54, 1.807) is 11.4 Å². The van der Waals surface area contributed by atoms with Crippen LogP contribution in [0.2, 0.25) is 0 Å². The van der Waals surface area contributed by atoms with Gasteiger partial charge in [-0.3, -0.25) is 0 Å². The van der Waals surface area contributed by atoms with Crippen LogP contribution < -0.4 is 5.32 Å². The molecule has 0 unspecified atom stereocenters. The second-order valence-electron chi connectivity index (χ2n) is 6.08. The summed E-state index contributed by atoms with van der Waals surface area (Å²) in [6.07, 6.45) is 9.00. The van der Waals surface area contributed by atoms with Crippen molar-refractivity contribution in [3.05, 3.63) is 0 Å². The molecule has 2 rings (SSSR count). The second kappa shape index (κ2) is 7.73. The van der Waals surface area contributed by atoms with E-state index < -0.39 is 10.2 Å². The van der Waals surface area contributed by atoms with E-state index in [1.807, 2.05) is 0 Å². The maximum absolute atomic E-state index is 12.5. The summed E-state index contributed by atoms with van der Waals surface area (Å²) in [5.74, 6) is 0. The van der Waals surface area contributed by atoms with Crippen molar-refractivity contribution in [1.82, 2.24) is 13.9 Å². The van der Waals surface area contributed by atoms with E-state index in [0.717, 1.165) is 38.6 Å². The number of rotatable bonds is 7. The predicted molar refractivity (Wildman–Crippen MR) is 81.8 cm³/mol. The molecule has 0 spiro atoms. The fraction of sp³-hybridized carbons (Fsp3) is 1.00. The van der Waals surface area contributed by atoms with Gasteiger partial charge in [0, 0.05) is 32.7 Å². The third kappa shape index (κ3) is 4.98. The van der Waals surface area contributed by atoms with Gasteiger partial charge in [-0.1, -0.05) is 19.3 Å². The first-order valence-electron chi connectivity index (χ1n) is 8.05. The molecule has 0 aromatic heterocycles. The molecule has 1 saturated carbocycles. The Labute approximate surface area is 123 Å².